The maximum absolute atomic E-state index is 5.80. The Morgan fingerprint density at radius 3 is 2.12 bits per heavy atom. The summed E-state index contributed by atoms with van der Waals surface area (Å²) in [6.07, 6.45) is 9.37. The first-order valence-electron chi connectivity index (χ1n) is 6.57. The van der Waals surface area contributed by atoms with Crippen molar-refractivity contribution in [1.82, 2.24) is 0 Å². The van der Waals surface area contributed by atoms with Gasteiger partial charge in [-0.25, -0.2) is 0 Å². The Morgan fingerprint density at radius 1 is 1.00 bits per heavy atom. The quantitative estimate of drug-likeness (QED) is 0.325. The van der Waals surface area contributed by atoms with Crippen LogP contribution in [0.15, 0.2) is 12.2 Å². The third-order valence-corrected chi connectivity index (χ3v) is 5.70. The van der Waals surface area contributed by atoms with E-state index in [2.05, 4.69) is 39.5 Å². The van der Waals surface area contributed by atoms with Crippen molar-refractivity contribution in [1.29, 1.82) is 0 Å². The normalized spacial score (nSPS) is 12.5. The molecule has 3 heteroatoms. The minimum Gasteiger partial charge on any atom is -0.395 e. The average Bonchev–Trinajstić information content (AvgIpc) is 2.24. The number of unbranched alkanes of at least 4 members (excludes halogenated alkanes) is 3. The van der Waals surface area contributed by atoms with Crippen molar-refractivity contribution in [2.75, 3.05) is 13.2 Å². The summed E-state index contributed by atoms with van der Waals surface area (Å²) in [7, 11) is -1.84. The number of hydrogen-bond donors (Lipinski definition) is 0. The molecular weight excluding hydrogens is 216 g/mol. The van der Waals surface area contributed by atoms with Crippen molar-refractivity contribution in [3.63, 3.8) is 0 Å². The Balaban J connectivity index is 3.67. The molecule has 0 saturated heterocycles. The van der Waals surface area contributed by atoms with Crippen molar-refractivity contribution >= 4 is 8.56 Å². The largest absolute Gasteiger partial charge is 0.395 e. The first kappa shape index (κ1) is 15.9. The third kappa shape index (κ3) is 8.08. The second-order valence-electron chi connectivity index (χ2n) is 4.17. The van der Waals surface area contributed by atoms with E-state index in [0.717, 1.165) is 19.3 Å². The first-order valence-corrected chi connectivity index (χ1v) is 9.10. The van der Waals surface area contributed by atoms with Gasteiger partial charge < -0.3 is 8.85 Å². The molecule has 0 aliphatic carbocycles. The zero-order chi connectivity index (χ0) is 12.3. The second-order valence-corrected chi connectivity index (χ2v) is 7.51. The van der Waals surface area contributed by atoms with Crippen LogP contribution in [0.2, 0.25) is 12.6 Å². The van der Waals surface area contributed by atoms with Gasteiger partial charge in [0.2, 0.25) is 0 Å². The van der Waals surface area contributed by atoms with E-state index in [-0.39, 0.29) is 0 Å². The molecule has 0 aromatic heterocycles. The molecule has 96 valence electrons. The van der Waals surface area contributed by atoms with Gasteiger partial charge in [0.05, 0.1) is 0 Å². The van der Waals surface area contributed by atoms with Crippen LogP contribution in [0, 0.1) is 0 Å². The predicted molar refractivity (Wildman–Crippen MR) is 73.0 cm³/mol. The van der Waals surface area contributed by atoms with Gasteiger partial charge in [-0.05, 0) is 46.2 Å². The summed E-state index contributed by atoms with van der Waals surface area (Å²) in [4.78, 5) is 0. The van der Waals surface area contributed by atoms with Crippen LogP contribution in [0.25, 0.3) is 0 Å². The van der Waals surface area contributed by atoms with Crippen LogP contribution in [0.3, 0.4) is 0 Å². The van der Waals surface area contributed by atoms with Gasteiger partial charge in [-0.1, -0.05) is 25.0 Å². The standard InChI is InChI=1S/C13H28O2Si/c1-5-8-9-10-11-12-13-16(4,14-6-2)15-7-3/h5,8H,6-7,9-13H2,1-4H3. The number of allylic oxidation sites excluding steroid dienone is 2. The minimum absolute atomic E-state index is 0.779. The highest BCUT2D eigenvalue weighted by Crippen LogP contribution is 2.18. The maximum Gasteiger partial charge on any atom is 0.334 e. The Kier molecular flexibility index (Phi) is 9.98. The van der Waals surface area contributed by atoms with E-state index in [1.807, 2.05) is 0 Å². The van der Waals surface area contributed by atoms with E-state index in [0.29, 0.717) is 0 Å². The van der Waals surface area contributed by atoms with Gasteiger partial charge in [0.1, 0.15) is 0 Å². The summed E-state index contributed by atoms with van der Waals surface area (Å²) in [5.41, 5.74) is 0. The SMILES string of the molecule is CC=CCCCCC[Si](C)(OCC)OCC. The Bertz CT molecular complexity index is 175. The van der Waals surface area contributed by atoms with E-state index in [9.17, 15) is 0 Å². The number of rotatable bonds is 10. The van der Waals surface area contributed by atoms with Crippen LogP contribution >= 0.6 is 0 Å². The summed E-state index contributed by atoms with van der Waals surface area (Å²) in [6.45, 7) is 9.93. The van der Waals surface area contributed by atoms with E-state index in [4.69, 9.17) is 8.85 Å². The van der Waals surface area contributed by atoms with Gasteiger partial charge in [0.15, 0.2) is 0 Å². The molecule has 0 spiro atoms. The van der Waals surface area contributed by atoms with Gasteiger partial charge in [-0.2, -0.15) is 0 Å². The Labute approximate surface area is 102 Å². The summed E-state index contributed by atoms with van der Waals surface area (Å²) in [5, 5.41) is 0. The van der Waals surface area contributed by atoms with Crippen molar-refractivity contribution in [3.8, 4) is 0 Å². The summed E-state index contributed by atoms with van der Waals surface area (Å²) < 4.78 is 11.6. The van der Waals surface area contributed by atoms with Gasteiger partial charge in [0.25, 0.3) is 0 Å². The molecule has 0 rings (SSSR count). The lowest BCUT2D eigenvalue weighted by molar-refractivity contribution is 0.188. The van der Waals surface area contributed by atoms with Crippen molar-refractivity contribution < 1.29 is 8.85 Å². The van der Waals surface area contributed by atoms with Crippen molar-refractivity contribution in [2.24, 2.45) is 0 Å². The van der Waals surface area contributed by atoms with Crippen molar-refractivity contribution in [3.05, 3.63) is 12.2 Å². The van der Waals surface area contributed by atoms with Crippen LogP contribution in [-0.2, 0) is 8.85 Å². The van der Waals surface area contributed by atoms with Crippen molar-refractivity contribution in [2.45, 2.75) is 59.0 Å². The number of hydrogen-bond acceptors (Lipinski definition) is 2. The molecular formula is C13H28O2Si. The van der Waals surface area contributed by atoms with Gasteiger partial charge >= 0.3 is 8.56 Å². The monoisotopic (exact) mass is 244 g/mol. The Morgan fingerprint density at radius 2 is 1.62 bits per heavy atom. The Hall–Kier alpha value is -0.123. The molecule has 0 aliphatic heterocycles. The van der Waals surface area contributed by atoms with E-state index >= 15 is 0 Å². The lowest BCUT2D eigenvalue weighted by atomic mass is 10.2. The molecule has 0 aromatic carbocycles. The molecule has 0 unspecified atom stereocenters. The highest BCUT2D eigenvalue weighted by molar-refractivity contribution is 6.66. The fourth-order valence-electron chi connectivity index (χ4n) is 1.85. The van der Waals surface area contributed by atoms with E-state index in [1.165, 1.54) is 25.7 Å². The maximum atomic E-state index is 5.80. The van der Waals surface area contributed by atoms with Gasteiger partial charge in [0, 0.05) is 13.2 Å². The van der Waals surface area contributed by atoms with Crippen LogP contribution in [-0.4, -0.2) is 21.8 Å². The van der Waals surface area contributed by atoms with E-state index in [1.54, 1.807) is 0 Å². The molecule has 2 nitrogen and oxygen atoms in total. The van der Waals surface area contributed by atoms with Crippen LogP contribution in [0.4, 0.5) is 0 Å². The molecule has 0 heterocycles. The average molecular weight is 244 g/mol. The molecule has 0 aromatic rings. The molecule has 0 N–H and O–H groups in total. The molecule has 16 heavy (non-hydrogen) atoms. The summed E-state index contributed by atoms with van der Waals surface area (Å²) >= 11 is 0. The summed E-state index contributed by atoms with van der Waals surface area (Å²) in [6, 6.07) is 1.13. The third-order valence-electron chi connectivity index (χ3n) is 2.64. The minimum atomic E-state index is -1.84. The second kappa shape index (κ2) is 10.1. The van der Waals surface area contributed by atoms with Gasteiger partial charge in [-0.15, -0.1) is 0 Å². The van der Waals surface area contributed by atoms with Crippen LogP contribution < -0.4 is 0 Å². The molecule has 0 fully saturated rings. The van der Waals surface area contributed by atoms with E-state index < -0.39 is 8.56 Å². The molecule has 0 amide bonds. The van der Waals surface area contributed by atoms with Crippen LogP contribution in [0.1, 0.15) is 46.5 Å². The lowest BCUT2D eigenvalue weighted by Crippen LogP contribution is -2.38. The highest BCUT2D eigenvalue weighted by Gasteiger charge is 2.29. The van der Waals surface area contributed by atoms with Crippen LogP contribution in [0.5, 0.6) is 0 Å². The molecule has 0 saturated carbocycles. The molecule has 0 bridgehead atoms. The molecule has 0 aliphatic rings. The fourth-order valence-corrected chi connectivity index (χ4v) is 4.33. The molecule has 0 atom stereocenters. The smallest absolute Gasteiger partial charge is 0.334 e. The van der Waals surface area contributed by atoms with Gasteiger partial charge in [-0.3, -0.25) is 0 Å². The molecule has 0 radical (unpaired) electrons. The zero-order valence-electron chi connectivity index (χ0n) is 11.4. The lowest BCUT2D eigenvalue weighted by Gasteiger charge is -2.25. The topological polar surface area (TPSA) is 18.5 Å². The summed E-state index contributed by atoms with van der Waals surface area (Å²) in [5.74, 6) is 0. The first-order chi connectivity index (χ1) is 7.68. The zero-order valence-corrected chi connectivity index (χ0v) is 12.4. The predicted octanol–water partition coefficient (Wildman–Crippen LogP) is 4.27. The fraction of sp³-hybridized carbons (Fsp3) is 0.846. The highest BCUT2D eigenvalue weighted by atomic mass is 28.4.